The van der Waals surface area contributed by atoms with Crippen molar-refractivity contribution in [1.82, 2.24) is 0 Å². The van der Waals surface area contributed by atoms with Crippen LogP contribution in [0.1, 0.15) is 46.1 Å². The van der Waals surface area contributed by atoms with Crippen molar-refractivity contribution in [2.24, 2.45) is 5.92 Å². The number of carbonyl (C=O) groups is 1. The fourth-order valence-corrected chi connectivity index (χ4v) is 1.77. The van der Waals surface area contributed by atoms with Gasteiger partial charge >= 0.3 is 0 Å². The van der Waals surface area contributed by atoms with Crippen molar-refractivity contribution in [2.75, 3.05) is 0 Å². The number of rotatable bonds is 5. The molecule has 0 N–H and O–H groups in total. The molecule has 0 spiro atoms. The normalized spacial score (nSPS) is 12.9. The summed E-state index contributed by atoms with van der Waals surface area (Å²) in [5.41, 5.74) is 1.06. The largest absolute Gasteiger partial charge is 0.491 e. The second-order valence-electron chi connectivity index (χ2n) is 5.01. The van der Waals surface area contributed by atoms with E-state index in [1.807, 2.05) is 58.9 Å². The number of carbonyl (C=O) groups excluding carboxylic acids is 1. The highest BCUT2D eigenvalue weighted by Crippen LogP contribution is 2.22. The van der Waals surface area contributed by atoms with Crippen LogP contribution in [0.15, 0.2) is 24.3 Å². The second-order valence-corrected chi connectivity index (χ2v) is 5.01. The fourth-order valence-electron chi connectivity index (χ4n) is 1.77. The Balaban J connectivity index is 2.77. The number of ketones is 1. The van der Waals surface area contributed by atoms with E-state index < -0.39 is 0 Å². The Kier molecular flexibility index (Phi) is 4.73. The highest BCUT2D eigenvalue weighted by atomic mass is 16.5. The van der Waals surface area contributed by atoms with Gasteiger partial charge in [-0.3, -0.25) is 4.79 Å². The van der Waals surface area contributed by atoms with E-state index in [0.29, 0.717) is 0 Å². The van der Waals surface area contributed by atoms with Gasteiger partial charge in [-0.15, -0.1) is 0 Å². The number of Topliss-reactive ketones (excluding diaryl/α,β-unsaturated/α-hetero) is 1. The molecule has 2 nitrogen and oxygen atoms in total. The van der Waals surface area contributed by atoms with E-state index in [4.69, 9.17) is 4.74 Å². The summed E-state index contributed by atoms with van der Waals surface area (Å²) in [4.78, 5) is 11.9. The third-order valence-corrected chi connectivity index (χ3v) is 2.75. The second kappa shape index (κ2) is 5.85. The van der Waals surface area contributed by atoms with Crippen molar-refractivity contribution in [3.05, 3.63) is 29.8 Å². The highest BCUT2D eigenvalue weighted by molar-refractivity contribution is 5.86. The van der Waals surface area contributed by atoms with Crippen molar-refractivity contribution in [3.63, 3.8) is 0 Å². The maximum absolute atomic E-state index is 11.9. The molecule has 94 valence electrons. The SMILES string of the molecule is CC(C)Oc1ccc(C(C)C(=O)C(C)C)cc1. The van der Waals surface area contributed by atoms with Crippen LogP contribution < -0.4 is 4.74 Å². The Labute approximate surface area is 104 Å². The van der Waals surface area contributed by atoms with Crippen LogP contribution in [0.5, 0.6) is 5.75 Å². The number of ether oxygens (including phenoxy) is 1. The molecular weight excluding hydrogens is 212 g/mol. The molecule has 0 aliphatic rings. The molecule has 0 aromatic heterocycles. The molecule has 0 aliphatic heterocycles. The summed E-state index contributed by atoms with van der Waals surface area (Å²) in [7, 11) is 0. The van der Waals surface area contributed by atoms with E-state index in [2.05, 4.69) is 0 Å². The molecule has 0 amide bonds. The zero-order valence-corrected chi connectivity index (χ0v) is 11.4. The van der Waals surface area contributed by atoms with E-state index >= 15 is 0 Å². The summed E-state index contributed by atoms with van der Waals surface area (Å²) in [6.45, 7) is 9.84. The maximum Gasteiger partial charge on any atom is 0.142 e. The molecule has 1 unspecified atom stereocenters. The zero-order chi connectivity index (χ0) is 13.0. The van der Waals surface area contributed by atoms with Crippen molar-refractivity contribution < 1.29 is 9.53 Å². The van der Waals surface area contributed by atoms with Crippen molar-refractivity contribution in [3.8, 4) is 5.75 Å². The summed E-state index contributed by atoms with van der Waals surface area (Å²) in [5, 5.41) is 0. The van der Waals surface area contributed by atoms with E-state index in [-0.39, 0.29) is 23.7 Å². The quantitative estimate of drug-likeness (QED) is 0.774. The first kappa shape index (κ1) is 13.8. The Hall–Kier alpha value is -1.31. The van der Waals surface area contributed by atoms with Crippen molar-refractivity contribution in [2.45, 2.75) is 46.6 Å². The van der Waals surface area contributed by atoms with Crippen LogP contribution in [0.3, 0.4) is 0 Å². The van der Waals surface area contributed by atoms with Crippen LogP contribution in [-0.2, 0) is 4.79 Å². The van der Waals surface area contributed by atoms with Gasteiger partial charge in [0.15, 0.2) is 0 Å². The molecular formula is C15H22O2. The molecule has 0 fully saturated rings. The molecule has 0 saturated heterocycles. The molecule has 1 atom stereocenters. The monoisotopic (exact) mass is 234 g/mol. The third-order valence-electron chi connectivity index (χ3n) is 2.75. The van der Waals surface area contributed by atoms with Crippen LogP contribution in [0.2, 0.25) is 0 Å². The lowest BCUT2D eigenvalue weighted by Gasteiger charge is -2.15. The third kappa shape index (κ3) is 3.88. The molecule has 1 rings (SSSR count). The van der Waals surface area contributed by atoms with Crippen LogP contribution in [-0.4, -0.2) is 11.9 Å². The van der Waals surface area contributed by atoms with Crippen LogP contribution in [0.4, 0.5) is 0 Å². The van der Waals surface area contributed by atoms with Gasteiger partial charge in [-0.05, 0) is 31.5 Å². The van der Waals surface area contributed by atoms with E-state index in [1.165, 1.54) is 0 Å². The Bertz CT molecular complexity index is 363. The molecule has 17 heavy (non-hydrogen) atoms. The summed E-state index contributed by atoms with van der Waals surface area (Å²) in [6, 6.07) is 7.81. The van der Waals surface area contributed by atoms with Gasteiger partial charge < -0.3 is 4.74 Å². The van der Waals surface area contributed by atoms with Crippen LogP contribution >= 0.6 is 0 Å². The molecule has 2 heteroatoms. The highest BCUT2D eigenvalue weighted by Gasteiger charge is 2.18. The Morgan fingerprint density at radius 3 is 1.94 bits per heavy atom. The molecule has 1 aromatic rings. The van der Waals surface area contributed by atoms with Crippen molar-refractivity contribution in [1.29, 1.82) is 0 Å². The molecule has 0 heterocycles. The summed E-state index contributed by atoms with van der Waals surface area (Å²) < 4.78 is 5.57. The van der Waals surface area contributed by atoms with E-state index in [0.717, 1.165) is 11.3 Å². The average molecular weight is 234 g/mol. The predicted molar refractivity (Wildman–Crippen MR) is 70.5 cm³/mol. The Morgan fingerprint density at radius 2 is 1.53 bits per heavy atom. The summed E-state index contributed by atoms with van der Waals surface area (Å²) in [6.07, 6.45) is 0.176. The van der Waals surface area contributed by atoms with Gasteiger partial charge in [0.25, 0.3) is 0 Å². The van der Waals surface area contributed by atoms with Gasteiger partial charge in [0.2, 0.25) is 0 Å². The minimum absolute atomic E-state index is 0.0388. The first-order valence-corrected chi connectivity index (χ1v) is 6.22. The lowest BCUT2D eigenvalue weighted by atomic mass is 9.90. The van der Waals surface area contributed by atoms with Gasteiger partial charge in [-0.2, -0.15) is 0 Å². The molecule has 1 aromatic carbocycles. The van der Waals surface area contributed by atoms with E-state index in [1.54, 1.807) is 0 Å². The number of hydrogen-bond acceptors (Lipinski definition) is 2. The molecule has 0 saturated carbocycles. The van der Waals surface area contributed by atoms with Gasteiger partial charge in [0.1, 0.15) is 11.5 Å². The first-order valence-electron chi connectivity index (χ1n) is 6.22. The lowest BCUT2D eigenvalue weighted by molar-refractivity contribution is -0.123. The minimum Gasteiger partial charge on any atom is -0.491 e. The maximum atomic E-state index is 11.9. The van der Waals surface area contributed by atoms with Gasteiger partial charge in [0.05, 0.1) is 6.10 Å². The number of hydrogen-bond donors (Lipinski definition) is 0. The average Bonchev–Trinajstić information content (AvgIpc) is 2.27. The van der Waals surface area contributed by atoms with Crippen molar-refractivity contribution >= 4 is 5.78 Å². The minimum atomic E-state index is -0.0388. The van der Waals surface area contributed by atoms with Gasteiger partial charge in [-0.25, -0.2) is 0 Å². The zero-order valence-electron chi connectivity index (χ0n) is 11.4. The number of benzene rings is 1. The first-order chi connectivity index (χ1) is 7.91. The fraction of sp³-hybridized carbons (Fsp3) is 0.533. The smallest absolute Gasteiger partial charge is 0.142 e. The molecule has 0 radical (unpaired) electrons. The molecule has 0 bridgehead atoms. The summed E-state index contributed by atoms with van der Waals surface area (Å²) >= 11 is 0. The molecule has 0 aliphatic carbocycles. The van der Waals surface area contributed by atoms with Crippen LogP contribution in [0, 0.1) is 5.92 Å². The summed E-state index contributed by atoms with van der Waals surface area (Å²) in [5.74, 6) is 1.18. The topological polar surface area (TPSA) is 26.3 Å². The van der Waals surface area contributed by atoms with Gasteiger partial charge in [0, 0.05) is 11.8 Å². The standard InChI is InChI=1S/C15H22O2/c1-10(2)15(16)12(5)13-6-8-14(9-7-13)17-11(3)4/h6-12H,1-5H3. The van der Waals surface area contributed by atoms with Crippen LogP contribution in [0.25, 0.3) is 0 Å². The van der Waals surface area contributed by atoms with E-state index in [9.17, 15) is 4.79 Å². The Morgan fingerprint density at radius 1 is 1.00 bits per heavy atom. The lowest BCUT2D eigenvalue weighted by Crippen LogP contribution is -2.15. The predicted octanol–water partition coefficient (Wildman–Crippen LogP) is 3.80. The van der Waals surface area contributed by atoms with Gasteiger partial charge in [-0.1, -0.05) is 32.9 Å².